The molecule has 1 aliphatic heterocycles. The molecule has 3 heterocycles. The van der Waals surface area contributed by atoms with Gasteiger partial charge < -0.3 is 24.0 Å². The number of nitriles is 1. The Morgan fingerprint density at radius 3 is 2.76 bits per heavy atom. The fraction of sp³-hybridized carbons (Fsp3) is 0.333. The first-order valence-electron chi connectivity index (χ1n) is 13.3. The molecule has 41 heavy (non-hydrogen) atoms. The minimum absolute atomic E-state index is 0.0101. The van der Waals surface area contributed by atoms with Crippen LogP contribution in [0.2, 0.25) is 0 Å². The second kappa shape index (κ2) is 12.3. The monoisotopic (exact) mass is 558 g/mol. The number of fused-ring (bicyclic) bond motifs is 1. The number of ether oxygens (including phenoxy) is 2. The number of piperazine rings is 1. The number of pyridine rings is 1. The molecule has 2 aromatic carbocycles. The highest BCUT2D eigenvalue weighted by Crippen LogP contribution is 2.24. The fourth-order valence-electron chi connectivity index (χ4n) is 5.02. The second-order valence-electron chi connectivity index (χ2n) is 9.99. The Balaban J connectivity index is 1.26. The van der Waals surface area contributed by atoms with Crippen molar-refractivity contribution in [2.24, 2.45) is 0 Å². The number of halogens is 1. The average molecular weight is 559 g/mol. The van der Waals surface area contributed by atoms with E-state index in [0.717, 1.165) is 42.3 Å². The lowest BCUT2D eigenvalue weighted by Crippen LogP contribution is -2.52. The number of benzene rings is 2. The maximum atomic E-state index is 14.2. The number of carboxylic acid groups (broad SMARTS) is 1. The number of rotatable bonds is 10. The van der Waals surface area contributed by atoms with Crippen molar-refractivity contribution in [3.63, 3.8) is 0 Å². The van der Waals surface area contributed by atoms with Crippen molar-refractivity contribution in [2.45, 2.75) is 32.7 Å². The third-order valence-electron chi connectivity index (χ3n) is 7.29. The quantitative estimate of drug-likeness (QED) is 0.307. The third-order valence-corrected chi connectivity index (χ3v) is 7.29. The van der Waals surface area contributed by atoms with E-state index in [4.69, 9.17) is 19.7 Å². The Kier molecular flexibility index (Phi) is 8.42. The van der Waals surface area contributed by atoms with Gasteiger partial charge in [-0.05, 0) is 43.3 Å². The van der Waals surface area contributed by atoms with Crippen molar-refractivity contribution in [3.05, 3.63) is 82.9 Å². The number of carbonyl (C=O) groups is 1. The largest absolute Gasteiger partial charge is 0.478 e. The SMILES string of the molecule is COCCn1c(CN2CCN(c3cccc(OCc4ccc(C#N)cc4F)n3)C[C@@H]2C)nc2ccc(C(=O)O)cc21. The van der Waals surface area contributed by atoms with Crippen LogP contribution in [0.25, 0.3) is 11.0 Å². The van der Waals surface area contributed by atoms with Gasteiger partial charge in [0.25, 0.3) is 0 Å². The number of methoxy groups -OCH3 is 1. The predicted molar refractivity (Wildman–Crippen MR) is 150 cm³/mol. The van der Waals surface area contributed by atoms with Crippen LogP contribution in [-0.2, 0) is 24.4 Å². The zero-order valence-electron chi connectivity index (χ0n) is 23.0. The van der Waals surface area contributed by atoms with Crippen molar-refractivity contribution >= 4 is 22.8 Å². The molecule has 1 atom stereocenters. The van der Waals surface area contributed by atoms with Crippen molar-refractivity contribution in [1.82, 2.24) is 19.4 Å². The lowest BCUT2D eigenvalue weighted by atomic mass is 10.1. The minimum atomic E-state index is -0.970. The van der Waals surface area contributed by atoms with Gasteiger partial charge in [0.2, 0.25) is 5.88 Å². The lowest BCUT2D eigenvalue weighted by Gasteiger charge is -2.40. The zero-order valence-corrected chi connectivity index (χ0v) is 23.0. The molecular weight excluding hydrogens is 527 g/mol. The van der Waals surface area contributed by atoms with E-state index in [2.05, 4.69) is 21.7 Å². The standard InChI is InChI=1S/C30H31FN6O4/c1-20-17-36(27-4-3-5-29(34-27)41-19-23-7-6-21(16-32)14-24(23)31)11-10-35(20)18-28-33-25-9-8-22(30(38)39)15-26(25)37(28)12-13-40-2/h3-9,14-15,20H,10-13,17-19H2,1-2H3,(H,38,39)/t20-/m0/s1. The highest BCUT2D eigenvalue weighted by molar-refractivity contribution is 5.92. The molecule has 0 saturated carbocycles. The van der Waals surface area contributed by atoms with E-state index in [0.29, 0.717) is 31.1 Å². The molecule has 2 aromatic heterocycles. The molecule has 0 aliphatic carbocycles. The van der Waals surface area contributed by atoms with Gasteiger partial charge in [-0.2, -0.15) is 10.2 Å². The summed E-state index contributed by atoms with van der Waals surface area (Å²) < 4.78 is 27.4. The first-order chi connectivity index (χ1) is 19.9. The minimum Gasteiger partial charge on any atom is -0.478 e. The summed E-state index contributed by atoms with van der Waals surface area (Å²) in [4.78, 5) is 25.6. The number of aromatic carboxylic acids is 1. The van der Waals surface area contributed by atoms with E-state index in [1.54, 1.807) is 43.5 Å². The molecule has 5 rings (SSSR count). The van der Waals surface area contributed by atoms with Crippen molar-refractivity contribution in [3.8, 4) is 11.9 Å². The third kappa shape index (κ3) is 6.29. The smallest absolute Gasteiger partial charge is 0.335 e. The van der Waals surface area contributed by atoms with Gasteiger partial charge in [-0.3, -0.25) is 4.90 Å². The number of nitrogens with zero attached hydrogens (tertiary/aromatic N) is 6. The van der Waals surface area contributed by atoms with Crippen LogP contribution in [0.5, 0.6) is 5.88 Å². The van der Waals surface area contributed by atoms with Gasteiger partial charge in [-0.25, -0.2) is 14.2 Å². The summed E-state index contributed by atoms with van der Waals surface area (Å²) in [7, 11) is 1.64. The van der Waals surface area contributed by atoms with Crippen LogP contribution in [0, 0.1) is 17.1 Å². The molecule has 4 aromatic rings. The highest BCUT2D eigenvalue weighted by Gasteiger charge is 2.26. The van der Waals surface area contributed by atoms with Gasteiger partial charge in [0.05, 0.1) is 41.4 Å². The molecule has 1 aliphatic rings. The van der Waals surface area contributed by atoms with Gasteiger partial charge in [-0.15, -0.1) is 0 Å². The van der Waals surface area contributed by atoms with E-state index >= 15 is 0 Å². The Morgan fingerprint density at radius 1 is 1.17 bits per heavy atom. The first kappa shape index (κ1) is 28.0. The molecule has 0 amide bonds. The molecule has 212 valence electrons. The average Bonchev–Trinajstić information content (AvgIpc) is 3.32. The van der Waals surface area contributed by atoms with Crippen molar-refractivity contribution in [1.29, 1.82) is 5.26 Å². The normalized spacial score (nSPS) is 15.7. The van der Waals surface area contributed by atoms with Crippen LogP contribution < -0.4 is 9.64 Å². The van der Waals surface area contributed by atoms with Gasteiger partial charge in [0.1, 0.15) is 24.1 Å². The van der Waals surface area contributed by atoms with Crippen LogP contribution in [0.3, 0.4) is 0 Å². The second-order valence-corrected chi connectivity index (χ2v) is 9.99. The topological polar surface area (TPSA) is 117 Å². The van der Waals surface area contributed by atoms with Gasteiger partial charge >= 0.3 is 5.97 Å². The fourth-order valence-corrected chi connectivity index (χ4v) is 5.02. The Labute approximate surface area is 237 Å². The van der Waals surface area contributed by atoms with Gasteiger partial charge in [0.15, 0.2) is 0 Å². The molecular formula is C30H31FN6O4. The van der Waals surface area contributed by atoms with Crippen LogP contribution >= 0.6 is 0 Å². The molecule has 1 saturated heterocycles. The number of anilines is 1. The number of carboxylic acids is 1. The molecule has 0 spiro atoms. The summed E-state index contributed by atoms with van der Waals surface area (Å²) in [6, 6.07) is 17.0. The van der Waals surface area contributed by atoms with E-state index in [9.17, 15) is 14.3 Å². The van der Waals surface area contributed by atoms with Gasteiger partial charge in [-0.1, -0.05) is 12.1 Å². The molecule has 0 unspecified atom stereocenters. The van der Waals surface area contributed by atoms with Crippen LogP contribution in [0.4, 0.5) is 10.2 Å². The van der Waals surface area contributed by atoms with Gasteiger partial charge in [0, 0.05) is 51.0 Å². The summed E-state index contributed by atoms with van der Waals surface area (Å²) in [5.74, 6) is 0.589. The summed E-state index contributed by atoms with van der Waals surface area (Å²) in [5, 5.41) is 18.4. The van der Waals surface area contributed by atoms with Crippen LogP contribution in [0.1, 0.15) is 34.2 Å². The van der Waals surface area contributed by atoms with E-state index < -0.39 is 11.8 Å². The first-order valence-corrected chi connectivity index (χ1v) is 13.3. The molecule has 0 bridgehead atoms. The number of hydrogen-bond acceptors (Lipinski definition) is 8. The summed E-state index contributed by atoms with van der Waals surface area (Å²) in [6.45, 7) is 6.10. The number of aromatic nitrogens is 3. The van der Waals surface area contributed by atoms with Crippen molar-refractivity contribution < 1.29 is 23.8 Å². The van der Waals surface area contributed by atoms with Crippen LogP contribution in [0.15, 0.2) is 54.6 Å². The van der Waals surface area contributed by atoms with E-state index in [1.165, 1.54) is 6.07 Å². The zero-order chi connectivity index (χ0) is 28.9. The molecule has 1 N–H and O–H groups in total. The Hall–Kier alpha value is -4.53. The van der Waals surface area contributed by atoms with Crippen molar-refractivity contribution in [2.75, 3.05) is 38.3 Å². The lowest BCUT2D eigenvalue weighted by molar-refractivity contribution is 0.0697. The van der Waals surface area contributed by atoms with Crippen LogP contribution in [-0.4, -0.2) is 69.9 Å². The maximum Gasteiger partial charge on any atom is 0.335 e. The maximum absolute atomic E-state index is 14.2. The number of hydrogen-bond donors (Lipinski definition) is 1. The molecule has 1 fully saturated rings. The number of imidazole rings is 1. The van der Waals surface area contributed by atoms with E-state index in [1.807, 2.05) is 22.8 Å². The summed E-state index contributed by atoms with van der Waals surface area (Å²) in [6.07, 6.45) is 0. The predicted octanol–water partition coefficient (Wildman–Crippen LogP) is 4.08. The summed E-state index contributed by atoms with van der Waals surface area (Å²) >= 11 is 0. The molecule has 0 radical (unpaired) electrons. The molecule has 11 heteroatoms. The highest BCUT2D eigenvalue weighted by atomic mass is 19.1. The Bertz CT molecular complexity index is 1600. The molecule has 10 nitrogen and oxygen atoms in total. The Morgan fingerprint density at radius 2 is 2.02 bits per heavy atom. The van der Waals surface area contributed by atoms with E-state index in [-0.39, 0.29) is 23.8 Å². The summed E-state index contributed by atoms with van der Waals surface area (Å²) in [5.41, 5.74) is 2.39.